The number of hydrogen-bond acceptors (Lipinski definition) is 5. The third-order valence-corrected chi connectivity index (χ3v) is 4.14. The third-order valence-electron chi connectivity index (χ3n) is 4.14. The van der Waals surface area contributed by atoms with Crippen LogP contribution in [0.3, 0.4) is 0 Å². The minimum absolute atomic E-state index is 0.0770. The molecule has 2 aromatic heterocycles. The molecule has 0 spiro atoms. The van der Waals surface area contributed by atoms with Gasteiger partial charge >= 0.3 is 0 Å². The summed E-state index contributed by atoms with van der Waals surface area (Å²) in [6.07, 6.45) is 5.60. The molecule has 0 bridgehead atoms. The first-order valence-corrected chi connectivity index (χ1v) is 8.41. The number of amides is 1. The summed E-state index contributed by atoms with van der Waals surface area (Å²) >= 11 is 0. The van der Waals surface area contributed by atoms with Gasteiger partial charge < -0.3 is 14.8 Å². The minimum atomic E-state index is -0.159. The quantitative estimate of drug-likeness (QED) is 0.738. The predicted molar refractivity (Wildman–Crippen MR) is 95.1 cm³/mol. The smallest absolute Gasteiger partial charge is 0.252 e. The molecule has 132 valence electrons. The summed E-state index contributed by atoms with van der Waals surface area (Å²) in [5.74, 6) is 1.35. The first-order valence-electron chi connectivity index (χ1n) is 8.41. The van der Waals surface area contributed by atoms with Crippen molar-refractivity contribution in [1.82, 2.24) is 20.5 Å². The number of aromatic amines is 1. The molecule has 0 fully saturated rings. The van der Waals surface area contributed by atoms with Crippen molar-refractivity contribution in [1.29, 1.82) is 0 Å². The van der Waals surface area contributed by atoms with Gasteiger partial charge in [0.2, 0.25) is 0 Å². The Morgan fingerprint density at radius 1 is 1.19 bits per heavy atom. The van der Waals surface area contributed by atoms with E-state index < -0.39 is 0 Å². The number of aromatic nitrogens is 3. The van der Waals surface area contributed by atoms with E-state index in [1.807, 2.05) is 24.3 Å². The van der Waals surface area contributed by atoms with Crippen LogP contribution in [0.5, 0.6) is 11.5 Å². The Balaban J connectivity index is 1.28. The van der Waals surface area contributed by atoms with Crippen LogP contribution >= 0.6 is 0 Å². The Morgan fingerprint density at radius 2 is 2.08 bits per heavy atom. The van der Waals surface area contributed by atoms with Crippen LogP contribution in [0.4, 0.5) is 0 Å². The lowest BCUT2D eigenvalue weighted by Crippen LogP contribution is -2.34. The molecule has 7 heteroatoms. The predicted octanol–water partition coefficient (Wildman–Crippen LogP) is 2.43. The van der Waals surface area contributed by atoms with Crippen molar-refractivity contribution < 1.29 is 14.3 Å². The molecule has 0 saturated carbocycles. The summed E-state index contributed by atoms with van der Waals surface area (Å²) in [4.78, 5) is 16.5. The second kappa shape index (κ2) is 7.26. The minimum Gasteiger partial charge on any atom is -0.486 e. The highest BCUT2D eigenvalue weighted by atomic mass is 16.6. The van der Waals surface area contributed by atoms with E-state index in [-0.39, 0.29) is 12.0 Å². The number of fused-ring (bicyclic) bond motifs is 1. The third kappa shape index (κ3) is 3.51. The van der Waals surface area contributed by atoms with Gasteiger partial charge in [0.15, 0.2) is 11.5 Å². The molecular formula is C19H18N4O3. The van der Waals surface area contributed by atoms with E-state index in [0.717, 1.165) is 22.8 Å². The van der Waals surface area contributed by atoms with Crippen LogP contribution in [-0.2, 0) is 0 Å². The molecule has 1 aliphatic heterocycles. The molecule has 3 aromatic rings. The summed E-state index contributed by atoms with van der Waals surface area (Å²) in [6, 6.07) is 11.1. The molecule has 0 aliphatic carbocycles. The van der Waals surface area contributed by atoms with Crippen LogP contribution in [0, 0.1) is 0 Å². The maximum Gasteiger partial charge on any atom is 0.252 e. The lowest BCUT2D eigenvalue weighted by Gasteiger charge is -2.26. The molecule has 4 rings (SSSR count). The van der Waals surface area contributed by atoms with E-state index in [0.29, 0.717) is 25.1 Å². The molecule has 0 saturated heterocycles. The molecule has 0 radical (unpaired) electrons. The number of carbonyl (C=O) groups is 1. The topological polar surface area (TPSA) is 89.1 Å². The zero-order chi connectivity index (χ0) is 17.8. The lowest BCUT2D eigenvalue weighted by molar-refractivity contribution is 0.0812. The number of carbonyl (C=O) groups excluding carboxylic acids is 1. The standard InChI is InChI=1S/C19H18N4O3/c24-19(13-5-6-16(21-9-13)14-10-22-23-11-14)20-8-7-15-12-25-17-3-1-2-4-18(17)26-15/h1-6,9-11,15H,7-8,12H2,(H,20,24)(H,22,23). The number of H-pyrrole nitrogens is 1. The lowest BCUT2D eigenvalue weighted by atomic mass is 10.2. The van der Waals surface area contributed by atoms with Crippen LogP contribution in [0.2, 0.25) is 0 Å². The van der Waals surface area contributed by atoms with Crippen molar-refractivity contribution in [2.45, 2.75) is 12.5 Å². The highest BCUT2D eigenvalue weighted by Gasteiger charge is 2.20. The van der Waals surface area contributed by atoms with Crippen LogP contribution < -0.4 is 14.8 Å². The Hall–Kier alpha value is -3.35. The average molecular weight is 350 g/mol. The fraction of sp³-hybridized carbons (Fsp3) is 0.211. The zero-order valence-electron chi connectivity index (χ0n) is 14.0. The van der Waals surface area contributed by atoms with Gasteiger partial charge in [0.25, 0.3) is 5.91 Å². The van der Waals surface area contributed by atoms with Crippen molar-refractivity contribution in [3.05, 3.63) is 60.6 Å². The Morgan fingerprint density at radius 3 is 2.85 bits per heavy atom. The van der Waals surface area contributed by atoms with Gasteiger partial charge in [-0.3, -0.25) is 14.9 Å². The first-order chi connectivity index (χ1) is 12.8. The van der Waals surface area contributed by atoms with Crippen molar-refractivity contribution in [2.24, 2.45) is 0 Å². The van der Waals surface area contributed by atoms with Crippen LogP contribution in [-0.4, -0.2) is 40.3 Å². The summed E-state index contributed by atoms with van der Waals surface area (Å²) in [7, 11) is 0. The number of nitrogens with zero attached hydrogens (tertiary/aromatic N) is 2. The number of benzene rings is 1. The first kappa shape index (κ1) is 16.1. The number of para-hydroxylation sites is 2. The molecule has 1 unspecified atom stereocenters. The normalized spacial score (nSPS) is 15.5. The molecular weight excluding hydrogens is 332 g/mol. The monoisotopic (exact) mass is 350 g/mol. The molecule has 1 amide bonds. The van der Waals surface area contributed by atoms with E-state index in [1.54, 1.807) is 30.7 Å². The van der Waals surface area contributed by atoms with Crippen LogP contribution in [0.25, 0.3) is 11.3 Å². The molecule has 1 aliphatic rings. The maximum atomic E-state index is 12.2. The molecule has 7 nitrogen and oxygen atoms in total. The highest BCUT2D eigenvalue weighted by molar-refractivity contribution is 5.94. The Labute approximate surface area is 150 Å². The van der Waals surface area contributed by atoms with E-state index in [4.69, 9.17) is 9.47 Å². The summed E-state index contributed by atoms with van der Waals surface area (Å²) in [6.45, 7) is 0.979. The van der Waals surface area contributed by atoms with Crippen molar-refractivity contribution in [3.63, 3.8) is 0 Å². The molecule has 2 N–H and O–H groups in total. The molecule has 3 heterocycles. The second-order valence-corrected chi connectivity index (χ2v) is 5.96. The number of nitrogens with one attached hydrogen (secondary N) is 2. The van der Waals surface area contributed by atoms with E-state index in [9.17, 15) is 4.79 Å². The molecule has 1 atom stereocenters. The van der Waals surface area contributed by atoms with Crippen LogP contribution in [0.15, 0.2) is 55.0 Å². The van der Waals surface area contributed by atoms with Gasteiger partial charge in [-0.15, -0.1) is 0 Å². The van der Waals surface area contributed by atoms with E-state index >= 15 is 0 Å². The Kier molecular flexibility index (Phi) is 4.51. The van der Waals surface area contributed by atoms with E-state index in [1.165, 1.54) is 0 Å². The fourth-order valence-electron chi connectivity index (χ4n) is 2.74. The van der Waals surface area contributed by atoms with Gasteiger partial charge in [-0.1, -0.05) is 12.1 Å². The zero-order valence-corrected chi connectivity index (χ0v) is 14.0. The van der Waals surface area contributed by atoms with Gasteiger partial charge in [0.05, 0.1) is 17.5 Å². The highest BCUT2D eigenvalue weighted by Crippen LogP contribution is 2.31. The van der Waals surface area contributed by atoms with E-state index in [2.05, 4.69) is 20.5 Å². The molecule has 1 aromatic carbocycles. The van der Waals surface area contributed by atoms with Gasteiger partial charge in [-0.05, 0) is 24.3 Å². The average Bonchev–Trinajstić information content (AvgIpc) is 3.23. The summed E-state index contributed by atoms with van der Waals surface area (Å²) in [5.41, 5.74) is 2.16. The summed E-state index contributed by atoms with van der Waals surface area (Å²) < 4.78 is 11.6. The maximum absolute atomic E-state index is 12.2. The van der Waals surface area contributed by atoms with Crippen molar-refractivity contribution >= 4 is 5.91 Å². The number of ether oxygens (including phenoxy) is 2. The number of hydrogen-bond donors (Lipinski definition) is 2. The SMILES string of the molecule is O=C(NCCC1COc2ccccc2O1)c1ccc(-c2cn[nH]c2)nc1. The summed E-state index contributed by atoms with van der Waals surface area (Å²) in [5, 5.41) is 9.52. The fourth-order valence-corrected chi connectivity index (χ4v) is 2.74. The second-order valence-electron chi connectivity index (χ2n) is 5.96. The van der Waals surface area contributed by atoms with Crippen molar-refractivity contribution in [3.8, 4) is 22.8 Å². The van der Waals surface area contributed by atoms with Gasteiger partial charge in [0, 0.05) is 30.9 Å². The number of pyridine rings is 1. The van der Waals surface area contributed by atoms with Crippen LogP contribution in [0.1, 0.15) is 16.8 Å². The largest absolute Gasteiger partial charge is 0.486 e. The van der Waals surface area contributed by atoms with Gasteiger partial charge in [-0.25, -0.2) is 0 Å². The number of rotatable bonds is 5. The molecule has 26 heavy (non-hydrogen) atoms. The van der Waals surface area contributed by atoms with Crippen molar-refractivity contribution in [2.75, 3.05) is 13.2 Å². The van der Waals surface area contributed by atoms with Gasteiger partial charge in [-0.2, -0.15) is 5.10 Å². The Bertz CT molecular complexity index is 878. The van der Waals surface area contributed by atoms with Gasteiger partial charge in [0.1, 0.15) is 12.7 Å².